The van der Waals surface area contributed by atoms with Crippen LogP contribution in [0, 0.1) is 6.92 Å². The van der Waals surface area contributed by atoms with Crippen LogP contribution < -0.4 is 14.8 Å². The summed E-state index contributed by atoms with van der Waals surface area (Å²) < 4.78 is 54.9. The maximum absolute atomic E-state index is 12.7. The number of hydrogen-bond acceptors (Lipinski definition) is 5. The molecule has 0 spiro atoms. The SMILES string of the molecule is CC(=O)Nc1ccc(C)c(S(=O)(=O)Nc2ccc(S(=O)(=O)NC3CC3)cc2)c1. The fourth-order valence-electron chi connectivity index (χ4n) is 2.57. The molecule has 3 N–H and O–H groups in total. The van der Waals surface area contributed by atoms with Crippen molar-refractivity contribution in [3.05, 3.63) is 48.0 Å². The van der Waals surface area contributed by atoms with Gasteiger partial charge in [0.15, 0.2) is 0 Å². The predicted octanol–water partition coefficient (Wildman–Crippen LogP) is 2.19. The zero-order valence-electron chi connectivity index (χ0n) is 15.4. The molecule has 3 rings (SSSR count). The number of aryl methyl sites for hydroxylation is 1. The van der Waals surface area contributed by atoms with Gasteiger partial charge < -0.3 is 5.32 Å². The molecule has 8 nitrogen and oxygen atoms in total. The van der Waals surface area contributed by atoms with Crippen LogP contribution in [-0.2, 0) is 24.8 Å². The molecule has 1 aliphatic rings. The van der Waals surface area contributed by atoms with Crippen molar-refractivity contribution in [1.29, 1.82) is 0 Å². The van der Waals surface area contributed by atoms with Gasteiger partial charge in [-0.3, -0.25) is 9.52 Å². The van der Waals surface area contributed by atoms with Crippen molar-refractivity contribution < 1.29 is 21.6 Å². The van der Waals surface area contributed by atoms with Gasteiger partial charge in [0.2, 0.25) is 15.9 Å². The molecule has 0 atom stereocenters. The van der Waals surface area contributed by atoms with Crippen molar-refractivity contribution in [2.24, 2.45) is 0 Å². The van der Waals surface area contributed by atoms with Crippen LogP contribution in [0.2, 0.25) is 0 Å². The number of anilines is 2. The van der Waals surface area contributed by atoms with E-state index in [-0.39, 0.29) is 27.4 Å². The van der Waals surface area contributed by atoms with E-state index in [2.05, 4.69) is 14.8 Å². The van der Waals surface area contributed by atoms with Crippen LogP contribution in [0.4, 0.5) is 11.4 Å². The molecular formula is C18H21N3O5S2. The van der Waals surface area contributed by atoms with Gasteiger partial charge in [0.25, 0.3) is 10.0 Å². The number of carbonyl (C=O) groups is 1. The molecule has 1 aliphatic carbocycles. The van der Waals surface area contributed by atoms with Gasteiger partial charge in [-0.15, -0.1) is 0 Å². The molecule has 0 unspecified atom stereocenters. The molecule has 0 aliphatic heterocycles. The first-order chi connectivity index (χ1) is 13.1. The van der Waals surface area contributed by atoms with Crippen LogP contribution in [0.3, 0.4) is 0 Å². The first kappa shape index (κ1) is 20.3. The molecule has 0 bridgehead atoms. The predicted molar refractivity (Wildman–Crippen MR) is 106 cm³/mol. The highest BCUT2D eigenvalue weighted by Gasteiger charge is 2.28. The summed E-state index contributed by atoms with van der Waals surface area (Å²) in [7, 11) is -7.53. The summed E-state index contributed by atoms with van der Waals surface area (Å²) >= 11 is 0. The Morgan fingerprint density at radius 1 is 0.929 bits per heavy atom. The second-order valence-corrected chi connectivity index (χ2v) is 10.1. The van der Waals surface area contributed by atoms with Crippen molar-refractivity contribution in [2.75, 3.05) is 10.0 Å². The lowest BCUT2D eigenvalue weighted by Gasteiger charge is -2.13. The second kappa shape index (κ2) is 7.53. The maximum atomic E-state index is 12.7. The van der Waals surface area contributed by atoms with Crippen LogP contribution in [-0.4, -0.2) is 28.8 Å². The van der Waals surface area contributed by atoms with Gasteiger partial charge in [0.05, 0.1) is 9.79 Å². The highest BCUT2D eigenvalue weighted by Crippen LogP contribution is 2.25. The topological polar surface area (TPSA) is 121 Å². The molecule has 28 heavy (non-hydrogen) atoms. The zero-order chi connectivity index (χ0) is 20.5. The quantitative estimate of drug-likeness (QED) is 0.630. The van der Waals surface area contributed by atoms with E-state index < -0.39 is 20.0 Å². The number of amides is 1. The fraction of sp³-hybridized carbons (Fsp3) is 0.278. The molecule has 0 heterocycles. The first-order valence-corrected chi connectivity index (χ1v) is 11.6. The average molecular weight is 424 g/mol. The van der Waals surface area contributed by atoms with E-state index in [0.29, 0.717) is 11.3 Å². The summed E-state index contributed by atoms with van der Waals surface area (Å²) in [6.07, 6.45) is 1.65. The Morgan fingerprint density at radius 3 is 2.11 bits per heavy atom. The number of hydrogen-bond donors (Lipinski definition) is 3. The van der Waals surface area contributed by atoms with Gasteiger partial charge in [0, 0.05) is 24.3 Å². The van der Waals surface area contributed by atoms with Gasteiger partial charge in [-0.2, -0.15) is 0 Å². The van der Waals surface area contributed by atoms with Gasteiger partial charge in [-0.1, -0.05) is 6.07 Å². The molecule has 1 saturated carbocycles. The van der Waals surface area contributed by atoms with Crippen LogP contribution in [0.15, 0.2) is 52.3 Å². The minimum Gasteiger partial charge on any atom is -0.326 e. The van der Waals surface area contributed by atoms with Gasteiger partial charge in [-0.25, -0.2) is 21.6 Å². The van der Waals surface area contributed by atoms with Crippen molar-refractivity contribution >= 4 is 37.3 Å². The number of carbonyl (C=O) groups excluding carboxylic acids is 1. The number of sulfonamides is 2. The van der Waals surface area contributed by atoms with E-state index in [9.17, 15) is 21.6 Å². The van der Waals surface area contributed by atoms with Crippen LogP contribution in [0.5, 0.6) is 0 Å². The Kier molecular flexibility index (Phi) is 5.46. The minimum absolute atomic E-state index is 0.0120. The summed E-state index contributed by atoms with van der Waals surface area (Å²) in [5.41, 5.74) is 1.11. The smallest absolute Gasteiger partial charge is 0.262 e. The van der Waals surface area contributed by atoms with Gasteiger partial charge in [0.1, 0.15) is 0 Å². The molecule has 10 heteroatoms. The number of benzene rings is 2. The maximum Gasteiger partial charge on any atom is 0.262 e. The summed E-state index contributed by atoms with van der Waals surface area (Å²) in [5.74, 6) is -0.309. The molecule has 0 aromatic heterocycles. The monoisotopic (exact) mass is 423 g/mol. The largest absolute Gasteiger partial charge is 0.326 e. The average Bonchev–Trinajstić information content (AvgIpc) is 3.39. The highest BCUT2D eigenvalue weighted by molar-refractivity contribution is 7.92. The third kappa shape index (κ3) is 4.89. The molecule has 1 fully saturated rings. The Labute approximate surface area is 164 Å². The van der Waals surface area contributed by atoms with E-state index in [4.69, 9.17) is 0 Å². The second-order valence-electron chi connectivity index (χ2n) is 6.69. The van der Waals surface area contributed by atoms with Gasteiger partial charge in [-0.05, 0) is 61.7 Å². The van der Waals surface area contributed by atoms with E-state index in [0.717, 1.165) is 12.8 Å². The lowest BCUT2D eigenvalue weighted by atomic mass is 10.2. The van der Waals surface area contributed by atoms with Crippen molar-refractivity contribution in [3.63, 3.8) is 0 Å². The first-order valence-electron chi connectivity index (χ1n) is 8.60. The third-order valence-electron chi connectivity index (χ3n) is 4.11. The summed E-state index contributed by atoms with van der Waals surface area (Å²) in [4.78, 5) is 11.3. The number of rotatable bonds is 7. The normalized spacial score (nSPS) is 14.5. The molecule has 1 amide bonds. The van der Waals surface area contributed by atoms with Crippen molar-refractivity contribution in [2.45, 2.75) is 42.5 Å². The molecule has 150 valence electrons. The fourth-order valence-corrected chi connectivity index (χ4v) is 5.21. The van der Waals surface area contributed by atoms with E-state index >= 15 is 0 Å². The lowest BCUT2D eigenvalue weighted by molar-refractivity contribution is -0.114. The molecule has 2 aromatic carbocycles. The third-order valence-corrected chi connectivity index (χ3v) is 7.17. The molecule has 0 radical (unpaired) electrons. The van der Waals surface area contributed by atoms with Crippen molar-refractivity contribution in [1.82, 2.24) is 4.72 Å². The van der Waals surface area contributed by atoms with Crippen LogP contribution in [0.25, 0.3) is 0 Å². The van der Waals surface area contributed by atoms with Gasteiger partial charge >= 0.3 is 0 Å². The van der Waals surface area contributed by atoms with E-state index in [1.807, 2.05) is 0 Å². The molecular weight excluding hydrogens is 402 g/mol. The van der Waals surface area contributed by atoms with E-state index in [1.54, 1.807) is 19.1 Å². The minimum atomic E-state index is -3.93. The van der Waals surface area contributed by atoms with E-state index in [1.165, 1.54) is 37.3 Å². The lowest BCUT2D eigenvalue weighted by Crippen LogP contribution is -2.25. The van der Waals surface area contributed by atoms with Crippen LogP contribution >= 0.6 is 0 Å². The Morgan fingerprint density at radius 2 is 1.54 bits per heavy atom. The Bertz CT molecular complexity index is 1110. The molecule has 2 aromatic rings. The highest BCUT2D eigenvalue weighted by atomic mass is 32.2. The summed E-state index contributed by atoms with van der Waals surface area (Å²) in [6, 6.07) is 10.1. The van der Waals surface area contributed by atoms with Crippen molar-refractivity contribution in [3.8, 4) is 0 Å². The molecule has 0 saturated heterocycles. The van der Waals surface area contributed by atoms with Crippen LogP contribution in [0.1, 0.15) is 25.3 Å². The Balaban J connectivity index is 1.81. The zero-order valence-corrected chi connectivity index (χ0v) is 17.0. The summed E-state index contributed by atoms with van der Waals surface area (Å²) in [6.45, 7) is 2.98. The summed E-state index contributed by atoms with van der Waals surface area (Å²) in [5, 5.41) is 2.55. The Hall–Kier alpha value is -2.43. The standard InChI is InChI=1S/C18H21N3O5S2/c1-12-3-4-16(19-13(2)22)11-18(12)28(25,26)21-15-7-9-17(10-8-15)27(23,24)20-14-5-6-14/h3-4,7-11,14,20-21H,5-6H2,1-2H3,(H,19,22). The number of nitrogens with one attached hydrogen (secondary N) is 3.